The smallest absolute Gasteiger partial charge is 0.244 e. The summed E-state index contributed by atoms with van der Waals surface area (Å²) in [6, 6.07) is 9.32. The fourth-order valence-electron chi connectivity index (χ4n) is 2.28. The van der Waals surface area contributed by atoms with E-state index in [0.717, 1.165) is 5.56 Å². The zero-order chi connectivity index (χ0) is 16.8. The summed E-state index contributed by atoms with van der Waals surface area (Å²) < 4.78 is 10.2. The summed E-state index contributed by atoms with van der Waals surface area (Å²) in [4.78, 5) is 11.8. The van der Waals surface area contributed by atoms with E-state index in [1.807, 2.05) is 30.3 Å². The van der Waals surface area contributed by atoms with E-state index >= 15 is 0 Å². The van der Waals surface area contributed by atoms with Gasteiger partial charge in [0.25, 0.3) is 0 Å². The second-order valence-electron chi connectivity index (χ2n) is 5.24. The van der Waals surface area contributed by atoms with Gasteiger partial charge in [-0.2, -0.15) is 0 Å². The van der Waals surface area contributed by atoms with Crippen LogP contribution in [-0.2, 0) is 14.3 Å². The normalized spacial score (nSPS) is 31.2. The van der Waals surface area contributed by atoms with Crippen LogP contribution >= 0.6 is 0 Å². The molecule has 4 N–H and O–H groups in total. The Balaban J connectivity index is 1.87. The largest absolute Gasteiger partial charge is 0.388 e. The summed E-state index contributed by atoms with van der Waals surface area (Å²) in [6.07, 6.45) is -3.00. The van der Waals surface area contributed by atoms with Crippen molar-refractivity contribution in [3.63, 3.8) is 0 Å². The van der Waals surface area contributed by atoms with Crippen LogP contribution in [0.3, 0.4) is 0 Å². The van der Waals surface area contributed by atoms with Crippen molar-refractivity contribution in [1.82, 2.24) is 5.32 Å². The maximum atomic E-state index is 11.8. The molecule has 1 fully saturated rings. The van der Waals surface area contributed by atoms with Gasteiger partial charge >= 0.3 is 0 Å². The first-order valence-corrected chi connectivity index (χ1v) is 7.26. The number of aliphatic hydroxyl groups excluding tert-OH is 3. The highest BCUT2D eigenvalue weighted by atomic mass is 16.7. The van der Waals surface area contributed by atoms with Gasteiger partial charge in [-0.3, -0.25) is 4.79 Å². The van der Waals surface area contributed by atoms with Crippen LogP contribution in [0.2, 0.25) is 0 Å². The molecule has 0 aromatic heterocycles. The van der Waals surface area contributed by atoms with Crippen molar-refractivity contribution in [3.05, 3.63) is 42.0 Å². The molecule has 0 aliphatic carbocycles. The number of rotatable bonds is 5. The van der Waals surface area contributed by atoms with Gasteiger partial charge in [0.15, 0.2) is 6.29 Å². The molecule has 5 atom stereocenters. The zero-order valence-electron chi connectivity index (χ0n) is 12.7. The van der Waals surface area contributed by atoms with E-state index in [0.29, 0.717) is 0 Å². The molecule has 2 rings (SSSR count). The number of nitrogens with one attached hydrogen (secondary N) is 1. The number of aliphatic hydroxyl groups is 3. The number of ether oxygens (including phenoxy) is 2. The molecule has 1 saturated heterocycles. The fraction of sp³-hybridized carbons (Fsp3) is 0.438. The van der Waals surface area contributed by atoms with Gasteiger partial charge in [-0.25, -0.2) is 0 Å². The van der Waals surface area contributed by atoms with Crippen molar-refractivity contribution in [3.8, 4) is 0 Å². The van der Waals surface area contributed by atoms with Crippen molar-refractivity contribution >= 4 is 12.0 Å². The predicted octanol–water partition coefficient (Wildman–Crippen LogP) is -0.730. The third-order valence-corrected chi connectivity index (χ3v) is 3.61. The van der Waals surface area contributed by atoms with E-state index in [1.165, 1.54) is 13.2 Å². The van der Waals surface area contributed by atoms with Gasteiger partial charge in [0.1, 0.15) is 24.4 Å². The number of hydrogen-bond acceptors (Lipinski definition) is 6. The predicted molar refractivity (Wildman–Crippen MR) is 82.2 cm³/mol. The van der Waals surface area contributed by atoms with E-state index < -0.39 is 30.7 Å². The van der Waals surface area contributed by atoms with Crippen LogP contribution in [-0.4, -0.2) is 65.6 Å². The Morgan fingerprint density at radius 1 is 1.22 bits per heavy atom. The molecule has 0 spiro atoms. The summed E-state index contributed by atoms with van der Waals surface area (Å²) >= 11 is 0. The molecule has 0 radical (unpaired) electrons. The number of amides is 1. The van der Waals surface area contributed by atoms with Gasteiger partial charge in [0, 0.05) is 19.7 Å². The lowest BCUT2D eigenvalue weighted by Gasteiger charge is -2.39. The van der Waals surface area contributed by atoms with Crippen LogP contribution < -0.4 is 5.32 Å². The van der Waals surface area contributed by atoms with Crippen LogP contribution in [0.25, 0.3) is 6.08 Å². The quantitative estimate of drug-likeness (QED) is 0.532. The van der Waals surface area contributed by atoms with Crippen LogP contribution in [0.5, 0.6) is 0 Å². The number of carbonyl (C=O) groups is 1. The molecule has 7 heteroatoms. The summed E-state index contributed by atoms with van der Waals surface area (Å²) in [6.45, 7) is -0.0250. The first-order chi connectivity index (χ1) is 11.0. The Kier molecular flexibility index (Phi) is 6.26. The molecule has 1 amide bonds. The van der Waals surface area contributed by atoms with Crippen molar-refractivity contribution in [2.45, 2.75) is 30.7 Å². The fourth-order valence-corrected chi connectivity index (χ4v) is 2.28. The summed E-state index contributed by atoms with van der Waals surface area (Å²) in [7, 11) is 1.32. The maximum absolute atomic E-state index is 11.8. The molecule has 0 saturated carbocycles. The third-order valence-electron chi connectivity index (χ3n) is 3.61. The molecule has 1 aliphatic heterocycles. The standard InChI is InChI=1S/C16H21NO6/c1-22-16-15(21)14(20)13(19)11(23-16)9-17-12(18)8-7-10-5-3-2-4-6-10/h2-8,11,13-16,19-21H,9H2,1H3,(H,17,18)/b8-7+/t11-,13-,14?,15+,16?/m1/s1. The molecular weight excluding hydrogens is 302 g/mol. The Morgan fingerprint density at radius 3 is 2.57 bits per heavy atom. The van der Waals surface area contributed by atoms with Gasteiger partial charge in [0.05, 0.1) is 0 Å². The summed E-state index contributed by atoms with van der Waals surface area (Å²) in [5.41, 5.74) is 0.884. The molecule has 1 aromatic carbocycles. The van der Waals surface area contributed by atoms with Crippen molar-refractivity contribution in [2.75, 3.05) is 13.7 Å². The number of benzene rings is 1. The molecule has 7 nitrogen and oxygen atoms in total. The van der Waals surface area contributed by atoms with Crippen LogP contribution in [0, 0.1) is 0 Å². The van der Waals surface area contributed by atoms with E-state index in [1.54, 1.807) is 6.08 Å². The van der Waals surface area contributed by atoms with E-state index in [2.05, 4.69) is 5.32 Å². The minimum atomic E-state index is -1.41. The highest BCUT2D eigenvalue weighted by molar-refractivity contribution is 5.91. The molecule has 1 aliphatic rings. The zero-order valence-corrected chi connectivity index (χ0v) is 12.7. The van der Waals surface area contributed by atoms with E-state index in [9.17, 15) is 20.1 Å². The van der Waals surface area contributed by atoms with Crippen molar-refractivity contribution in [2.24, 2.45) is 0 Å². The van der Waals surface area contributed by atoms with Crippen molar-refractivity contribution < 1.29 is 29.6 Å². The lowest BCUT2D eigenvalue weighted by atomic mass is 9.99. The molecule has 2 unspecified atom stereocenters. The van der Waals surface area contributed by atoms with Crippen molar-refractivity contribution in [1.29, 1.82) is 0 Å². The van der Waals surface area contributed by atoms with E-state index in [-0.39, 0.29) is 12.5 Å². The average molecular weight is 323 g/mol. The van der Waals surface area contributed by atoms with Gasteiger partial charge in [0.2, 0.25) is 5.91 Å². The number of methoxy groups -OCH3 is 1. The molecule has 0 bridgehead atoms. The van der Waals surface area contributed by atoms with Gasteiger partial charge in [-0.1, -0.05) is 30.3 Å². The van der Waals surface area contributed by atoms with Gasteiger partial charge in [-0.05, 0) is 11.6 Å². The summed E-state index contributed by atoms with van der Waals surface area (Å²) in [5, 5.41) is 31.9. The van der Waals surface area contributed by atoms with E-state index in [4.69, 9.17) is 9.47 Å². The number of hydrogen-bond donors (Lipinski definition) is 4. The third kappa shape index (κ3) is 4.60. The highest BCUT2D eigenvalue weighted by Crippen LogP contribution is 2.21. The first-order valence-electron chi connectivity index (χ1n) is 7.26. The lowest BCUT2D eigenvalue weighted by Crippen LogP contribution is -2.60. The summed E-state index contributed by atoms with van der Waals surface area (Å²) in [5.74, 6) is -0.362. The minimum absolute atomic E-state index is 0.0250. The first kappa shape index (κ1) is 17.6. The second-order valence-corrected chi connectivity index (χ2v) is 5.24. The molecule has 1 aromatic rings. The molecule has 1 heterocycles. The minimum Gasteiger partial charge on any atom is -0.388 e. The van der Waals surface area contributed by atoms with Crippen LogP contribution in [0.4, 0.5) is 0 Å². The second kappa shape index (κ2) is 8.19. The Bertz CT molecular complexity index is 533. The monoisotopic (exact) mass is 323 g/mol. The Labute approximate surface area is 134 Å². The Morgan fingerprint density at radius 2 is 1.91 bits per heavy atom. The molecular formula is C16H21NO6. The highest BCUT2D eigenvalue weighted by Gasteiger charge is 2.43. The lowest BCUT2D eigenvalue weighted by molar-refractivity contribution is -0.288. The topological polar surface area (TPSA) is 108 Å². The maximum Gasteiger partial charge on any atom is 0.244 e. The van der Waals surface area contributed by atoms with Crippen LogP contribution in [0.1, 0.15) is 5.56 Å². The number of carbonyl (C=O) groups excluding carboxylic acids is 1. The van der Waals surface area contributed by atoms with Gasteiger partial charge in [-0.15, -0.1) is 0 Å². The SMILES string of the molecule is COC1O[C@H](CNC(=O)/C=C/c2ccccc2)[C@@H](O)C(O)[C@@H]1O. The average Bonchev–Trinajstić information content (AvgIpc) is 2.58. The van der Waals surface area contributed by atoms with Gasteiger partial charge < -0.3 is 30.1 Å². The molecule has 126 valence electrons. The van der Waals surface area contributed by atoms with Crippen LogP contribution in [0.15, 0.2) is 36.4 Å². The molecule has 23 heavy (non-hydrogen) atoms. The Hall–Kier alpha value is -1.77.